The number of nitrogens with two attached hydrogens (primary N) is 1. The summed E-state index contributed by atoms with van der Waals surface area (Å²) in [6.45, 7) is 4.07. The Bertz CT molecular complexity index is 593. The van der Waals surface area contributed by atoms with Crippen molar-refractivity contribution in [3.05, 3.63) is 28.6 Å². The summed E-state index contributed by atoms with van der Waals surface area (Å²) in [4.78, 5) is 4.66. The van der Waals surface area contributed by atoms with E-state index in [1.807, 2.05) is 30.5 Å². The first kappa shape index (κ1) is 14.8. The fourth-order valence-electron chi connectivity index (χ4n) is 1.82. The van der Waals surface area contributed by atoms with Crippen LogP contribution in [0.1, 0.15) is 25.3 Å². The highest BCUT2D eigenvalue weighted by atomic mass is 32.1. The number of aromatic nitrogens is 1. The fraction of sp³-hybridized carbons (Fsp3) is 0.400. The minimum atomic E-state index is -0.386. The minimum Gasteiger partial charge on any atom is -0.497 e. The number of benzene rings is 1. The zero-order chi connectivity index (χ0) is 14.8. The quantitative estimate of drug-likeness (QED) is 0.917. The topological polar surface area (TPSA) is 57.4 Å². The summed E-state index contributed by atoms with van der Waals surface area (Å²) < 4.78 is 10.6. The number of hydrogen-bond acceptors (Lipinski definition) is 5. The smallest absolute Gasteiger partial charge is 0.131 e. The Morgan fingerprint density at radius 2 is 2.05 bits per heavy atom. The molecule has 0 aliphatic carbocycles. The molecule has 0 saturated heterocycles. The molecule has 108 valence electrons. The molecule has 0 aliphatic heterocycles. The Morgan fingerprint density at radius 1 is 1.30 bits per heavy atom. The van der Waals surface area contributed by atoms with Crippen LogP contribution in [0.3, 0.4) is 0 Å². The molecule has 2 rings (SSSR count). The van der Waals surface area contributed by atoms with Gasteiger partial charge in [0.1, 0.15) is 16.5 Å². The van der Waals surface area contributed by atoms with Crippen LogP contribution in [0.15, 0.2) is 23.6 Å². The SMILES string of the molecule is CCC(C)(N)c1nc(-c2ccc(OC)cc2OC)cs1. The van der Waals surface area contributed by atoms with Gasteiger partial charge in [-0.05, 0) is 25.5 Å². The van der Waals surface area contributed by atoms with Gasteiger partial charge in [-0.1, -0.05) is 6.92 Å². The average Bonchev–Trinajstić information content (AvgIpc) is 2.96. The lowest BCUT2D eigenvalue weighted by atomic mass is 10.0. The molecule has 20 heavy (non-hydrogen) atoms. The number of methoxy groups -OCH3 is 2. The number of nitrogens with zero attached hydrogens (tertiary/aromatic N) is 1. The Kier molecular flexibility index (Phi) is 4.30. The minimum absolute atomic E-state index is 0.386. The molecule has 0 fully saturated rings. The van der Waals surface area contributed by atoms with Crippen LogP contribution in [0.2, 0.25) is 0 Å². The first-order valence-electron chi connectivity index (χ1n) is 6.49. The predicted molar refractivity (Wildman–Crippen MR) is 82.5 cm³/mol. The zero-order valence-electron chi connectivity index (χ0n) is 12.3. The van der Waals surface area contributed by atoms with Gasteiger partial charge in [0.15, 0.2) is 0 Å². The lowest BCUT2D eigenvalue weighted by Crippen LogP contribution is -2.31. The second kappa shape index (κ2) is 5.81. The van der Waals surface area contributed by atoms with Crippen molar-refractivity contribution < 1.29 is 9.47 Å². The van der Waals surface area contributed by atoms with Gasteiger partial charge in [-0.15, -0.1) is 11.3 Å². The van der Waals surface area contributed by atoms with E-state index in [1.165, 1.54) is 0 Å². The first-order valence-corrected chi connectivity index (χ1v) is 7.37. The largest absolute Gasteiger partial charge is 0.497 e. The Balaban J connectivity index is 2.42. The predicted octanol–water partition coefficient (Wildman–Crippen LogP) is 3.41. The Morgan fingerprint density at radius 3 is 2.65 bits per heavy atom. The third kappa shape index (κ3) is 2.78. The van der Waals surface area contributed by atoms with Gasteiger partial charge in [0.05, 0.1) is 25.5 Å². The third-order valence-corrected chi connectivity index (χ3v) is 4.53. The maximum Gasteiger partial charge on any atom is 0.131 e. The Labute approximate surface area is 123 Å². The highest BCUT2D eigenvalue weighted by Crippen LogP contribution is 2.35. The molecule has 1 aromatic carbocycles. The monoisotopic (exact) mass is 292 g/mol. The van der Waals surface area contributed by atoms with Crippen molar-refractivity contribution in [3.8, 4) is 22.8 Å². The summed E-state index contributed by atoms with van der Waals surface area (Å²) in [6.07, 6.45) is 0.847. The van der Waals surface area contributed by atoms with Gasteiger partial charge in [0.25, 0.3) is 0 Å². The van der Waals surface area contributed by atoms with Crippen molar-refractivity contribution >= 4 is 11.3 Å². The van der Waals surface area contributed by atoms with E-state index < -0.39 is 0 Å². The van der Waals surface area contributed by atoms with Crippen molar-refractivity contribution in [2.24, 2.45) is 5.73 Å². The summed E-state index contributed by atoms with van der Waals surface area (Å²) in [5.74, 6) is 1.51. The summed E-state index contributed by atoms with van der Waals surface area (Å²) in [5.41, 5.74) is 7.69. The molecule has 5 heteroatoms. The summed E-state index contributed by atoms with van der Waals surface area (Å²) >= 11 is 1.58. The molecular formula is C15H20N2O2S. The second-order valence-electron chi connectivity index (χ2n) is 4.88. The van der Waals surface area contributed by atoms with Crippen LogP contribution < -0.4 is 15.2 Å². The van der Waals surface area contributed by atoms with Crippen LogP contribution in [0.25, 0.3) is 11.3 Å². The summed E-state index contributed by atoms with van der Waals surface area (Å²) in [6, 6.07) is 5.71. The van der Waals surface area contributed by atoms with E-state index >= 15 is 0 Å². The van der Waals surface area contributed by atoms with Crippen molar-refractivity contribution in [2.45, 2.75) is 25.8 Å². The maximum absolute atomic E-state index is 6.24. The normalized spacial score (nSPS) is 13.8. The molecule has 2 aromatic rings. The molecule has 1 unspecified atom stereocenters. The fourth-order valence-corrected chi connectivity index (χ4v) is 2.79. The van der Waals surface area contributed by atoms with Gasteiger partial charge in [-0.3, -0.25) is 0 Å². The standard InChI is InChI=1S/C15H20N2O2S/c1-5-15(2,16)14-17-12(9-20-14)11-7-6-10(18-3)8-13(11)19-4/h6-9H,5,16H2,1-4H3. The second-order valence-corrected chi connectivity index (χ2v) is 5.73. The molecule has 0 amide bonds. The molecule has 1 aromatic heterocycles. The molecule has 2 N–H and O–H groups in total. The molecule has 0 bridgehead atoms. The number of thiazole rings is 1. The molecule has 0 aliphatic rings. The van der Waals surface area contributed by atoms with Gasteiger partial charge < -0.3 is 15.2 Å². The van der Waals surface area contributed by atoms with Gasteiger partial charge in [0, 0.05) is 17.0 Å². The van der Waals surface area contributed by atoms with Crippen molar-refractivity contribution in [3.63, 3.8) is 0 Å². The first-order chi connectivity index (χ1) is 9.51. The molecule has 0 spiro atoms. The molecule has 0 radical (unpaired) electrons. The summed E-state index contributed by atoms with van der Waals surface area (Å²) in [7, 11) is 3.28. The van der Waals surface area contributed by atoms with Crippen LogP contribution in [0.4, 0.5) is 0 Å². The van der Waals surface area contributed by atoms with Gasteiger partial charge in [-0.25, -0.2) is 4.98 Å². The lowest BCUT2D eigenvalue weighted by Gasteiger charge is -2.19. The average molecular weight is 292 g/mol. The van der Waals surface area contributed by atoms with Crippen molar-refractivity contribution in [1.82, 2.24) is 4.98 Å². The summed E-state index contributed by atoms with van der Waals surface area (Å²) in [5, 5.41) is 2.95. The van der Waals surface area contributed by atoms with Gasteiger partial charge in [-0.2, -0.15) is 0 Å². The number of hydrogen-bond donors (Lipinski definition) is 1. The molecule has 4 nitrogen and oxygen atoms in total. The van der Waals surface area contributed by atoms with Crippen LogP contribution in [-0.2, 0) is 5.54 Å². The molecule has 1 heterocycles. The van der Waals surface area contributed by atoms with Crippen molar-refractivity contribution in [1.29, 1.82) is 0 Å². The van der Waals surface area contributed by atoms with E-state index in [1.54, 1.807) is 25.6 Å². The number of rotatable bonds is 5. The Hall–Kier alpha value is -1.59. The van der Waals surface area contributed by atoms with Gasteiger partial charge in [0.2, 0.25) is 0 Å². The lowest BCUT2D eigenvalue weighted by molar-refractivity contribution is 0.395. The highest BCUT2D eigenvalue weighted by molar-refractivity contribution is 7.10. The molecule has 0 saturated carbocycles. The zero-order valence-corrected chi connectivity index (χ0v) is 13.1. The van der Waals surface area contributed by atoms with E-state index in [-0.39, 0.29) is 5.54 Å². The highest BCUT2D eigenvalue weighted by Gasteiger charge is 2.23. The maximum atomic E-state index is 6.24. The van der Waals surface area contributed by atoms with Crippen LogP contribution >= 0.6 is 11.3 Å². The van der Waals surface area contributed by atoms with Crippen molar-refractivity contribution in [2.75, 3.05) is 14.2 Å². The molecule has 1 atom stereocenters. The van der Waals surface area contributed by atoms with Gasteiger partial charge >= 0.3 is 0 Å². The third-order valence-electron chi connectivity index (χ3n) is 3.41. The van der Waals surface area contributed by atoms with E-state index in [0.29, 0.717) is 0 Å². The van der Waals surface area contributed by atoms with Crippen LogP contribution in [0, 0.1) is 0 Å². The van der Waals surface area contributed by atoms with Crippen LogP contribution in [-0.4, -0.2) is 19.2 Å². The number of ether oxygens (including phenoxy) is 2. The van der Waals surface area contributed by atoms with Crippen LogP contribution in [0.5, 0.6) is 11.5 Å². The van der Waals surface area contributed by atoms with E-state index in [0.717, 1.165) is 34.2 Å². The van der Waals surface area contributed by atoms with E-state index in [2.05, 4.69) is 11.9 Å². The molecular weight excluding hydrogens is 272 g/mol. The van der Waals surface area contributed by atoms with E-state index in [9.17, 15) is 0 Å². The van der Waals surface area contributed by atoms with E-state index in [4.69, 9.17) is 15.2 Å².